The highest BCUT2D eigenvalue weighted by Crippen LogP contribution is 2.33. The maximum atomic E-state index is 10.5. The van der Waals surface area contributed by atoms with Gasteiger partial charge in [0.15, 0.2) is 0 Å². The predicted octanol–water partition coefficient (Wildman–Crippen LogP) is 4.15. The SMILES string of the molecule is COc1ccccc1SCc1ccc(C=CC(=O)O)s1. The zero-order valence-electron chi connectivity index (χ0n) is 10.9. The van der Waals surface area contributed by atoms with Crippen molar-refractivity contribution < 1.29 is 14.6 Å². The standard InChI is InChI=1S/C15H14O3S2/c1-18-13-4-2-3-5-14(13)19-10-12-7-6-11(20-12)8-9-15(16)17/h2-9H,10H2,1H3,(H,16,17). The quantitative estimate of drug-likeness (QED) is 0.643. The highest BCUT2D eigenvalue weighted by molar-refractivity contribution is 7.98. The predicted molar refractivity (Wildman–Crippen MR) is 83.5 cm³/mol. The van der Waals surface area contributed by atoms with Gasteiger partial charge in [0.25, 0.3) is 0 Å². The number of methoxy groups -OCH3 is 1. The molecule has 1 heterocycles. The van der Waals surface area contributed by atoms with Crippen molar-refractivity contribution in [3.8, 4) is 5.75 Å². The summed E-state index contributed by atoms with van der Waals surface area (Å²) in [7, 11) is 1.67. The fourth-order valence-corrected chi connectivity index (χ4v) is 3.59. The normalized spacial score (nSPS) is 10.8. The second kappa shape index (κ2) is 7.17. The molecule has 1 N–H and O–H groups in total. The number of benzene rings is 1. The van der Waals surface area contributed by atoms with Gasteiger partial charge in [0.1, 0.15) is 5.75 Å². The largest absolute Gasteiger partial charge is 0.496 e. The van der Waals surface area contributed by atoms with Crippen LogP contribution in [0.2, 0.25) is 0 Å². The van der Waals surface area contributed by atoms with Crippen molar-refractivity contribution in [1.29, 1.82) is 0 Å². The smallest absolute Gasteiger partial charge is 0.328 e. The molecule has 0 bridgehead atoms. The van der Waals surface area contributed by atoms with Gasteiger partial charge in [0.05, 0.1) is 7.11 Å². The molecule has 1 aromatic heterocycles. The number of para-hydroxylation sites is 1. The second-order valence-corrected chi connectivity index (χ2v) is 6.13. The summed E-state index contributed by atoms with van der Waals surface area (Å²) in [6.45, 7) is 0. The first-order chi connectivity index (χ1) is 9.69. The average molecular weight is 306 g/mol. The minimum absolute atomic E-state index is 0.839. The Bertz CT molecular complexity index is 617. The minimum Gasteiger partial charge on any atom is -0.496 e. The number of hydrogen-bond donors (Lipinski definition) is 1. The van der Waals surface area contributed by atoms with Gasteiger partial charge in [-0.3, -0.25) is 0 Å². The molecule has 0 amide bonds. The number of rotatable bonds is 6. The minimum atomic E-state index is -0.927. The van der Waals surface area contributed by atoms with Gasteiger partial charge in [0.2, 0.25) is 0 Å². The molecule has 0 aliphatic rings. The van der Waals surface area contributed by atoms with Crippen LogP contribution in [0.3, 0.4) is 0 Å². The van der Waals surface area contributed by atoms with E-state index in [0.717, 1.165) is 27.4 Å². The Morgan fingerprint density at radius 3 is 2.90 bits per heavy atom. The molecule has 104 valence electrons. The summed E-state index contributed by atoms with van der Waals surface area (Å²) in [5, 5.41) is 8.59. The van der Waals surface area contributed by atoms with Crippen LogP contribution in [0.15, 0.2) is 47.4 Å². The van der Waals surface area contributed by atoms with Gasteiger partial charge in [-0.2, -0.15) is 0 Å². The van der Waals surface area contributed by atoms with E-state index in [1.165, 1.54) is 4.88 Å². The monoisotopic (exact) mass is 306 g/mol. The number of aliphatic carboxylic acids is 1. The maximum Gasteiger partial charge on any atom is 0.328 e. The topological polar surface area (TPSA) is 46.5 Å². The Balaban J connectivity index is 1.99. The lowest BCUT2D eigenvalue weighted by Gasteiger charge is -2.06. The van der Waals surface area contributed by atoms with Crippen LogP contribution in [0.1, 0.15) is 9.75 Å². The molecule has 0 aliphatic carbocycles. The summed E-state index contributed by atoms with van der Waals surface area (Å²) >= 11 is 3.30. The van der Waals surface area contributed by atoms with Crippen LogP contribution in [0.4, 0.5) is 0 Å². The fourth-order valence-electron chi connectivity index (χ4n) is 1.60. The van der Waals surface area contributed by atoms with Crippen molar-refractivity contribution in [2.24, 2.45) is 0 Å². The van der Waals surface area contributed by atoms with Gasteiger partial charge in [-0.15, -0.1) is 23.1 Å². The van der Waals surface area contributed by atoms with E-state index in [0.29, 0.717) is 0 Å². The van der Waals surface area contributed by atoms with Crippen molar-refractivity contribution >= 4 is 35.1 Å². The molecule has 0 atom stereocenters. The van der Waals surface area contributed by atoms with E-state index in [1.807, 2.05) is 36.4 Å². The van der Waals surface area contributed by atoms with Crippen LogP contribution >= 0.6 is 23.1 Å². The summed E-state index contributed by atoms with van der Waals surface area (Å²) in [4.78, 5) is 13.7. The van der Waals surface area contributed by atoms with Gasteiger partial charge >= 0.3 is 5.97 Å². The van der Waals surface area contributed by atoms with Crippen LogP contribution in [0, 0.1) is 0 Å². The average Bonchev–Trinajstić information content (AvgIpc) is 2.91. The van der Waals surface area contributed by atoms with Crippen LogP contribution in [-0.2, 0) is 10.5 Å². The fraction of sp³-hybridized carbons (Fsp3) is 0.133. The summed E-state index contributed by atoms with van der Waals surface area (Å²) in [6.07, 6.45) is 2.77. The van der Waals surface area contributed by atoms with Gasteiger partial charge < -0.3 is 9.84 Å². The van der Waals surface area contributed by atoms with Gasteiger partial charge in [0, 0.05) is 26.5 Å². The van der Waals surface area contributed by atoms with Crippen LogP contribution in [0.5, 0.6) is 5.75 Å². The first kappa shape index (κ1) is 14.7. The van der Waals surface area contributed by atoms with Crippen LogP contribution in [-0.4, -0.2) is 18.2 Å². The molecule has 0 fully saturated rings. The number of thiophene rings is 1. The van der Waals surface area contributed by atoms with Crippen LogP contribution < -0.4 is 4.74 Å². The van der Waals surface area contributed by atoms with Gasteiger partial charge in [-0.25, -0.2) is 4.79 Å². The number of carboxylic acid groups (broad SMARTS) is 1. The summed E-state index contributed by atoms with van der Waals surface area (Å²) < 4.78 is 5.31. The molecule has 0 saturated heterocycles. The summed E-state index contributed by atoms with van der Waals surface area (Å²) in [5.41, 5.74) is 0. The van der Waals surface area contributed by atoms with E-state index in [2.05, 4.69) is 0 Å². The Hall–Kier alpha value is -1.72. The lowest BCUT2D eigenvalue weighted by molar-refractivity contribution is -0.131. The summed E-state index contributed by atoms with van der Waals surface area (Å²) in [6, 6.07) is 11.9. The molecule has 2 aromatic rings. The van der Waals surface area contributed by atoms with E-state index < -0.39 is 5.97 Å². The molecule has 2 rings (SSSR count). The number of ether oxygens (including phenoxy) is 1. The lowest BCUT2D eigenvalue weighted by atomic mass is 10.3. The zero-order valence-corrected chi connectivity index (χ0v) is 12.5. The number of carbonyl (C=O) groups is 1. The van der Waals surface area contributed by atoms with Gasteiger partial charge in [-0.05, 0) is 30.3 Å². The highest BCUT2D eigenvalue weighted by atomic mass is 32.2. The summed E-state index contributed by atoms with van der Waals surface area (Å²) in [5.74, 6) is 0.787. The number of carboxylic acids is 1. The van der Waals surface area contributed by atoms with Crippen LogP contribution in [0.25, 0.3) is 6.08 Å². The first-order valence-electron chi connectivity index (χ1n) is 5.94. The van der Waals surface area contributed by atoms with Crippen molar-refractivity contribution in [1.82, 2.24) is 0 Å². The molecular formula is C15H14O3S2. The molecule has 0 saturated carbocycles. The van der Waals surface area contributed by atoms with E-state index in [9.17, 15) is 4.79 Å². The van der Waals surface area contributed by atoms with Crippen molar-refractivity contribution in [3.63, 3.8) is 0 Å². The number of thioether (sulfide) groups is 1. The maximum absolute atomic E-state index is 10.5. The third-order valence-corrected chi connectivity index (χ3v) is 4.85. The van der Waals surface area contributed by atoms with Crippen molar-refractivity contribution in [2.75, 3.05) is 7.11 Å². The molecule has 0 aliphatic heterocycles. The molecule has 0 spiro atoms. The number of hydrogen-bond acceptors (Lipinski definition) is 4. The Morgan fingerprint density at radius 2 is 2.15 bits per heavy atom. The van der Waals surface area contributed by atoms with Gasteiger partial charge in [-0.1, -0.05) is 12.1 Å². The van der Waals surface area contributed by atoms with E-state index in [-0.39, 0.29) is 0 Å². The molecular weight excluding hydrogens is 292 g/mol. The third kappa shape index (κ3) is 4.15. The molecule has 3 nitrogen and oxygen atoms in total. The van der Waals surface area contributed by atoms with Crippen molar-refractivity contribution in [2.45, 2.75) is 10.6 Å². The van der Waals surface area contributed by atoms with E-state index in [4.69, 9.17) is 9.84 Å². The van der Waals surface area contributed by atoms with E-state index >= 15 is 0 Å². The Labute approximate surface area is 125 Å². The lowest BCUT2D eigenvalue weighted by Crippen LogP contribution is -1.85. The Kier molecular flexibility index (Phi) is 5.26. The molecule has 0 radical (unpaired) electrons. The zero-order chi connectivity index (χ0) is 14.4. The Morgan fingerprint density at radius 1 is 1.35 bits per heavy atom. The molecule has 1 aromatic carbocycles. The second-order valence-electron chi connectivity index (χ2n) is 3.92. The third-order valence-electron chi connectivity index (χ3n) is 2.51. The highest BCUT2D eigenvalue weighted by Gasteiger charge is 2.04. The van der Waals surface area contributed by atoms with Crippen molar-refractivity contribution in [3.05, 3.63) is 52.2 Å². The van der Waals surface area contributed by atoms with E-state index in [1.54, 1.807) is 36.3 Å². The molecule has 20 heavy (non-hydrogen) atoms. The molecule has 5 heteroatoms. The molecule has 0 unspecified atom stereocenters. The first-order valence-corrected chi connectivity index (χ1v) is 7.75.